The number of nitriles is 1. The van der Waals surface area contributed by atoms with E-state index in [2.05, 4.69) is 15.9 Å². The molecule has 2 rings (SSSR count). The van der Waals surface area contributed by atoms with Gasteiger partial charge in [0.1, 0.15) is 24.0 Å². The number of nitrogens with zero attached hydrogens (tertiary/aromatic N) is 1. The van der Waals surface area contributed by atoms with Gasteiger partial charge in [-0.2, -0.15) is 5.26 Å². The summed E-state index contributed by atoms with van der Waals surface area (Å²) >= 11 is 3.00. The van der Waals surface area contributed by atoms with Crippen LogP contribution in [0.4, 0.5) is 14.5 Å². The van der Waals surface area contributed by atoms with Crippen LogP contribution in [-0.4, -0.2) is 0 Å². The van der Waals surface area contributed by atoms with E-state index in [9.17, 15) is 8.78 Å². The second kappa shape index (κ2) is 5.88. The van der Waals surface area contributed by atoms with Gasteiger partial charge in [-0.15, -0.1) is 0 Å². The first-order chi connectivity index (χ1) is 9.51. The molecule has 0 atom stereocenters. The van der Waals surface area contributed by atoms with Crippen LogP contribution in [0.3, 0.4) is 0 Å². The van der Waals surface area contributed by atoms with Crippen LogP contribution in [0.15, 0.2) is 34.8 Å². The molecule has 0 aliphatic rings. The van der Waals surface area contributed by atoms with E-state index in [1.165, 1.54) is 18.2 Å². The Hall–Kier alpha value is -2.13. The summed E-state index contributed by atoms with van der Waals surface area (Å²) in [5.74, 6) is -0.941. The molecule has 2 aromatic rings. The highest BCUT2D eigenvalue weighted by Gasteiger charge is 2.09. The highest BCUT2D eigenvalue weighted by molar-refractivity contribution is 9.10. The van der Waals surface area contributed by atoms with Crippen molar-refractivity contribution in [3.8, 4) is 11.8 Å². The van der Waals surface area contributed by atoms with Crippen LogP contribution >= 0.6 is 15.9 Å². The van der Waals surface area contributed by atoms with E-state index >= 15 is 0 Å². The first kappa shape index (κ1) is 14.3. The van der Waals surface area contributed by atoms with Gasteiger partial charge in [0.05, 0.1) is 21.8 Å². The van der Waals surface area contributed by atoms with Crippen LogP contribution in [0.5, 0.6) is 5.75 Å². The van der Waals surface area contributed by atoms with Crippen molar-refractivity contribution in [1.82, 2.24) is 0 Å². The van der Waals surface area contributed by atoms with Crippen molar-refractivity contribution in [2.45, 2.75) is 6.61 Å². The van der Waals surface area contributed by atoms with E-state index < -0.39 is 11.6 Å². The second-order valence-corrected chi connectivity index (χ2v) is 4.87. The van der Waals surface area contributed by atoms with E-state index in [0.29, 0.717) is 0 Å². The van der Waals surface area contributed by atoms with Gasteiger partial charge < -0.3 is 10.5 Å². The Morgan fingerprint density at radius 1 is 1.20 bits per heavy atom. The van der Waals surface area contributed by atoms with E-state index in [4.69, 9.17) is 15.7 Å². The zero-order valence-electron chi connectivity index (χ0n) is 10.2. The quantitative estimate of drug-likeness (QED) is 0.867. The van der Waals surface area contributed by atoms with E-state index in [1.807, 2.05) is 6.07 Å². The zero-order chi connectivity index (χ0) is 14.7. The van der Waals surface area contributed by atoms with Gasteiger partial charge in [-0.05, 0) is 34.1 Å². The third-order valence-electron chi connectivity index (χ3n) is 2.62. The summed E-state index contributed by atoms with van der Waals surface area (Å²) in [6.07, 6.45) is 0. The Kier molecular flexibility index (Phi) is 4.20. The van der Waals surface area contributed by atoms with Crippen molar-refractivity contribution in [2.75, 3.05) is 5.73 Å². The molecular weight excluding hydrogens is 330 g/mol. The highest BCUT2D eigenvalue weighted by Crippen LogP contribution is 2.29. The molecule has 0 aliphatic heterocycles. The summed E-state index contributed by atoms with van der Waals surface area (Å²) < 4.78 is 32.5. The van der Waals surface area contributed by atoms with Crippen LogP contribution in [0.1, 0.15) is 11.1 Å². The van der Waals surface area contributed by atoms with E-state index in [-0.39, 0.29) is 33.6 Å². The number of benzene rings is 2. The molecule has 3 nitrogen and oxygen atoms in total. The minimum atomic E-state index is -0.555. The van der Waals surface area contributed by atoms with Gasteiger partial charge >= 0.3 is 0 Å². The maximum atomic E-state index is 13.6. The van der Waals surface area contributed by atoms with Gasteiger partial charge in [-0.1, -0.05) is 6.07 Å². The Balaban J connectivity index is 2.17. The van der Waals surface area contributed by atoms with Crippen molar-refractivity contribution in [3.05, 3.63) is 57.6 Å². The lowest BCUT2D eigenvalue weighted by atomic mass is 10.1. The smallest absolute Gasteiger partial charge is 0.145 e. The topological polar surface area (TPSA) is 59.0 Å². The van der Waals surface area contributed by atoms with Crippen LogP contribution in [-0.2, 0) is 6.61 Å². The van der Waals surface area contributed by atoms with Gasteiger partial charge in [-0.25, -0.2) is 8.78 Å². The molecule has 0 saturated carbocycles. The number of hydrogen-bond acceptors (Lipinski definition) is 3. The van der Waals surface area contributed by atoms with Crippen LogP contribution < -0.4 is 10.5 Å². The molecule has 0 amide bonds. The Bertz CT molecular complexity index is 698. The third-order valence-corrected chi connectivity index (χ3v) is 3.23. The molecule has 0 aromatic heterocycles. The lowest BCUT2D eigenvalue weighted by molar-refractivity contribution is 0.300. The van der Waals surface area contributed by atoms with Gasteiger partial charge in [-0.3, -0.25) is 0 Å². The van der Waals surface area contributed by atoms with Crippen molar-refractivity contribution in [3.63, 3.8) is 0 Å². The van der Waals surface area contributed by atoms with Gasteiger partial charge in [0.15, 0.2) is 0 Å². The van der Waals surface area contributed by atoms with E-state index in [1.54, 1.807) is 0 Å². The molecule has 102 valence electrons. The molecular formula is C14H9BrF2N2O. The van der Waals surface area contributed by atoms with Crippen LogP contribution in [0.25, 0.3) is 0 Å². The standard InChI is InChI=1S/C14H9BrF2N2O/c15-10-4-13(19)14(5-12(10)17)20-7-9-2-1-8(6-18)3-11(9)16/h1-5H,7,19H2. The molecule has 0 unspecified atom stereocenters. The van der Waals surface area contributed by atoms with Gasteiger partial charge in [0, 0.05) is 11.6 Å². The molecule has 2 aromatic carbocycles. The molecule has 0 spiro atoms. The Labute approximate surface area is 122 Å². The first-order valence-electron chi connectivity index (χ1n) is 5.57. The van der Waals surface area contributed by atoms with E-state index in [0.717, 1.165) is 12.1 Å². The maximum absolute atomic E-state index is 13.6. The fourth-order valence-corrected chi connectivity index (χ4v) is 1.92. The molecule has 0 aliphatic carbocycles. The zero-order valence-corrected chi connectivity index (χ0v) is 11.7. The summed E-state index contributed by atoms with van der Waals surface area (Å²) in [5, 5.41) is 8.64. The molecule has 0 heterocycles. The summed E-state index contributed by atoms with van der Waals surface area (Å²) in [4.78, 5) is 0. The SMILES string of the molecule is N#Cc1ccc(COc2cc(F)c(Br)cc2N)c(F)c1. The van der Waals surface area contributed by atoms with Crippen molar-refractivity contribution >= 4 is 21.6 Å². The van der Waals surface area contributed by atoms with Gasteiger partial charge in [0.2, 0.25) is 0 Å². The molecule has 0 radical (unpaired) electrons. The minimum absolute atomic E-state index is 0.108. The predicted octanol–water partition coefficient (Wildman–Crippen LogP) is 3.76. The molecule has 0 bridgehead atoms. The molecule has 0 fully saturated rings. The number of nitrogens with two attached hydrogens (primary N) is 1. The Morgan fingerprint density at radius 2 is 1.95 bits per heavy atom. The predicted molar refractivity (Wildman–Crippen MR) is 74.0 cm³/mol. The van der Waals surface area contributed by atoms with Crippen LogP contribution in [0.2, 0.25) is 0 Å². The molecule has 0 saturated heterocycles. The van der Waals surface area contributed by atoms with Crippen molar-refractivity contribution in [2.24, 2.45) is 0 Å². The average Bonchev–Trinajstić information content (AvgIpc) is 2.42. The average molecular weight is 339 g/mol. The lowest BCUT2D eigenvalue weighted by Gasteiger charge is -2.10. The fraction of sp³-hybridized carbons (Fsp3) is 0.0714. The number of hydrogen-bond donors (Lipinski definition) is 1. The lowest BCUT2D eigenvalue weighted by Crippen LogP contribution is -2.02. The second-order valence-electron chi connectivity index (χ2n) is 4.01. The number of ether oxygens (including phenoxy) is 1. The third kappa shape index (κ3) is 3.06. The number of nitrogen functional groups attached to an aromatic ring is 1. The summed E-state index contributed by atoms with van der Waals surface area (Å²) in [7, 11) is 0. The monoisotopic (exact) mass is 338 g/mol. The Morgan fingerprint density at radius 3 is 2.60 bits per heavy atom. The summed E-state index contributed by atoms with van der Waals surface area (Å²) in [5.41, 5.74) is 6.40. The number of rotatable bonds is 3. The summed E-state index contributed by atoms with van der Waals surface area (Å²) in [6.45, 7) is -0.108. The number of halogens is 3. The van der Waals surface area contributed by atoms with Crippen molar-refractivity contribution in [1.29, 1.82) is 5.26 Å². The fourth-order valence-electron chi connectivity index (χ4n) is 1.56. The van der Waals surface area contributed by atoms with Crippen molar-refractivity contribution < 1.29 is 13.5 Å². The molecule has 2 N–H and O–H groups in total. The normalized spacial score (nSPS) is 10.1. The minimum Gasteiger partial charge on any atom is -0.487 e. The van der Waals surface area contributed by atoms with Gasteiger partial charge in [0.25, 0.3) is 0 Å². The number of anilines is 1. The molecule has 6 heteroatoms. The van der Waals surface area contributed by atoms with Crippen LogP contribution in [0, 0.1) is 23.0 Å². The highest BCUT2D eigenvalue weighted by atomic mass is 79.9. The largest absolute Gasteiger partial charge is 0.487 e. The maximum Gasteiger partial charge on any atom is 0.145 e. The first-order valence-corrected chi connectivity index (χ1v) is 6.36. The molecule has 20 heavy (non-hydrogen) atoms. The summed E-state index contributed by atoms with van der Waals surface area (Å²) in [6, 6.07) is 8.38.